The Kier molecular flexibility index (Phi) is 7.25. The van der Waals surface area contributed by atoms with Crippen molar-refractivity contribution in [1.82, 2.24) is 4.90 Å². The van der Waals surface area contributed by atoms with Gasteiger partial charge in [-0.1, -0.05) is 29.3 Å². The topological polar surface area (TPSA) is 85.3 Å². The van der Waals surface area contributed by atoms with Gasteiger partial charge in [0.25, 0.3) is 11.7 Å². The molecule has 35 heavy (non-hydrogen) atoms. The van der Waals surface area contributed by atoms with Gasteiger partial charge in [-0.25, -0.2) is 0 Å². The average Bonchev–Trinajstić information content (AvgIpc) is 3.46. The molecule has 1 aliphatic heterocycles. The highest BCUT2D eigenvalue weighted by molar-refractivity contribution is 7.09. The second-order valence-corrected chi connectivity index (χ2v) is 9.44. The molecule has 0 aliphatic carbocycles. The summed E-state index contributed by atoms with van der Waals surface area (Å²) in [5.41, 5.74) is 0.669. The van der Waals surface area contributed by atoms with Crippen molar-refractivity contribution in [3.8, 4) is 17.2 Å². The summed E-state index contributed by atoms with van der Waals surface area (Å²) >= 11 is 13.6. The molecule has 1 fully saturated rings. The fourth-order valence-electron chi connectivity index (χ4n) is 4.02. The van der Waals surface area contributed by atoms with Crippen LogP contribution in [0.25, 0.3) is 5.76 Å². The van der Waals surface area contributed by atoms with Crippen molar-refractivity contribution < 1.29 is 28.9 Å². The summed E-state index contributed by atoms with van der Waals surface area (Å²) < 4.78 is 16.4. The fraction of sp³-hybridized carbons (Fsp3) is 0.200. The number of hydrogen-bond donors (Lipinski definition) is 1. The van der Waals surface area contributed by atoms with Gasteiger partial charge in [0.05, 0.1) is 49.5 Å². The van der Waals surface area contributed by atoms with Crippen LogP contribution in [0.2, 0.25) is 10.0 Å². The lowest BCUT2D eigenvalue weighted by atomic mass is 9.94. The number of carbonyl (C=O) groups excluding carboxylic acids is 2. The molecule has 1 aliphatic rings. The Morgan fingerprint density at radius 2 is 1.69 bits per heavy atom. The number of benzene rings is 2. The molecule has 1 amide bonds. The van der Waals surface area contributed by atoms with Crippen LogP contribution in [0.5, 0.6) is 17.2 Å². The summed E-state index contributed by atoms with van der Waals surface area (Å²) in [6.07, 6.45) is 0. The van der Waals surface area contributed by atoms with Crippen LogP contribution in [-0.2, 0) is 16.1 Å². The third-order valence-corrected chi connectivity index (χ3v) is 7.24. The number of ether oxygens (including phenoxy) is 3. The van der Waals surface area contributed by atoms with Gasteiger partial charge < -0.3 is 24.2 Å². The van der Waals surface area contributed by atoms with Gasteiger partial charge >= 0.3 is 0 Å². The number of aliphatic hydroxyl groups excluding tert-OH is 1. The molecule has 1 atom stereocenters. The molecule has 0 saturated carbocycles. The quantitative estimate of drug-likeness (QED) is 0.238. The second-order valence-electron chi connectivity index (χ2n) is 7.59. The van der Waals surface area contributed by atoms with Crippen LogP contribution in [0.4, 0.5) is 0 Å². The molecule has 3 aromatic rings. The molecule has 1 saturated heterocycles. The van der Waals surface area contributed by atoms with Crippen LogP contribution in [0, 0.1) is 0 Å². The van der Waals surface area contributed by atoms with Crippen molar-refractivity contribution in [3.63, 3.8) is 0 Å². The van der Waals surface area contributed by atoms with Crippen molar-refractivity contribution >= 4 is 52.0 Å². The molecule has 2 heterocycles. The van der Waals surface area contributed by atoms with Gasteiger partial charge in [0.15, 0.2) is 11.5 Å². The van der Waals surface area contributed by atoms with E-state index >= 15 is 0 Å². The first-order valence-electron chi connectivity index (χ1n) is 10.4. The van der Waals surface area contributed by atoms with Crippen LogP contribution >= 0.6 is 34.5 Å². The fourth-order valence-corrected chi connectivity index (χ4v) is 5.02. The van der Waals surface area contributed by atoms with Crippen molar-refractivity contribution in [2.24, 2.45) is 0 Å². The maximum absolute atomic E-state index is 13.3. The summed E-state index contributed by atoms with van der Waals surface area (Å²) in [5.74, 6) is -0.869. The zero-order valence-electron chi connectivity index (χ0n) is 19.0. The molecule has 182 valence electrons. The highest BCUT2D eigenvalue weighted by Crippen LogP contribution is 2.46. The van der Waals surface area contributed by atoms with E-state index in [1.54, 1.807) is 12.1 Å². The van der Waals surface area contributed by atoms with Crippen molar-refractivity contribution in [1.29, 1.82) is 0 Å². The molecule has 10 heteroatoms. The van der Waals surface area contributed by atoms with E-state index in [0.29, 0.717) is 27.8 Å². The van der Waals surface area contributed by atoms with E-state index in [4.69, 9.17) is 37.4 Å². The molecular formula is C25H21Cl2NO6S. The van der Waals surface area contributed by atoms with Crippen molar-refractivity contribution in [2.75, 3.05) is 21.3 Å². The van der Waals surface area contributed by atoms with Gasteiger partial charge in [0, 0.05) is 10.4 Å². The second kappa shape index (κ2) is 10.2. The lowest BCUT2D eigenvalue weighted by molar-refractivity contribution is -0.140. The van der Waals surface area contributed by atoms with E-state index in [-0.39, 0.29) is 28.5 Å². The zero-order chi connectivity index (χ0) is 25.3. The van der Waals surface area contributed by atoms with Gasteiger partial charge in [0.2, 0.25) is 5.75 Å². The molecule has 7 nitrogen and oxygen atoms in total. The van der Waals surface area contributed by atoms with E-state index in [9.17, 15) is 14.7 Å². The molecule has 1 N–H and O–H groups in total. The molecule has 2 aromatic carbocycles. The molecule has 0 radical (unpaired) electrons. The Balaban J connectivity index is 1.95. The number of rotatable bonds is 7. The van der Waals surface area contributed by atoms with Crippen LogP contribution in [0.3, 0.4) is 0 Å². The number of carbonyl (C=O) groups is 2. The number of amides is 1. The maximum Gasteiger partial charge on any atom is 0.295 e. The Hall–Kier alpha value is -3.20. The van der Waals surface area contributed by atoms with E-state index < -0.39 is 17.7 Å². The number of Topliss-reactive ketones (excluding diaryl/α,β-unsaturated/α-hetero) is 1. The maximum atomic E-state index is 13.3. The van der Waals surface area contributed by atoms with E-state index in [1.807, 2.05) is 17.5 Å². The minimum atomic E-state index is -0.930. The number of methoxy groups -OCH3 is 3. The van der Waals surface area contributed by atoms with Crippen LogP contribution in [-0.4, -0.2) is 43.0 Å². The van der Waals surface area contributed by atoms with Crippen LogP contribution < -0.4 is 14.2 Å². The minimum absolute atomic E-state index is 0.0841. The molecule has 4 rings (SSSR count). The van der Waals surface area contributed by atoms with E-state index in [1.165, 1.54) is 55.8 Å². The first-order valence-corrected chi connectivity index (χ1v) is 12.0. The highest BCUT2D eigenvalue weighted by atomic mass is 35.5. The predicted molar refractivity (Wildman–Crippen MR) is 135 cm³/mol. The Labute approximate surface area is 216 Å². The summed E-state index contributed by atoms with van der Waals surface area (Å²) in [4.78, 5) is 28.8. The number of likely N-dealkylation sites (tertiary alicyclic amines) is 1. The Morgan fingerprint density at radius 3 is 2.23 bits per heavy atom. The third-order valence-electron chi connectivity index (χ3n) is 5.64. The minimum Gasteiger partial charge on any atom is -0.507 e. The van der Waals surface area contributed by atoms with Gasteiger partial charge in [0.1, 0.15) is 5.76 Å². The van der Waals surface area contributed by atoms with Crippen molar-refractivity contribution in [2.45, 2.75) is 12.6 Å². The van der Waals surface area contributed by atoms with Crippen LogP contribution in [0.15, 0.2) is 53.4 Å². The molecule has 0 spiro atoms. The SMILES string of the molecule is COc1cc(C2/C(=C(\O)c3ccc(Cl)c(Cl)c3)C(=O)C(=O)N2Cc2cccs2)cc(OC)c1OC. The summed E-state index contributed by atoms with van der Waals surface area (Å²) in [5, 5.41) is 13.6. The Bertz CT molecular complexity index is 1300. The lowest BCUT2D eigenvalue weighted by Gasteiger charge is -2.26. The van der Waals surface area contributed by atoms with Crippen LogP contribution in [0.1, 0.15) is 22.0 Å². The number of thiophene rings is 1. The van der Waals surface area contributed by atoms with Gasteiger partial charge in [-0.3, -0.25) is 9.59 Å². The zero-order valence-corrected chi connectivity index (χ0v) is 21.3. The Morgan fingerprint density at radius 1 is 1.00 bits per heavy atom. The monoisotopic (exact) mass is 533 g/mol. The largest absolute Gasteiger partial charge is 0.507 e. The standard InChI is InChI=1S/C25H21Cl2NO6S/c1-32-18-10-14(11-19(33-2)24(18)34-3)21-20(22(29)13-6-7-16(26)17(27)9-13)23(30)25(31)28(21)12-15-5-4-8-35-15/h4-11,21,29H,12H2,1-3H3/b22-20+. The number of nitrogens with zero attached hydrogens (tertiary/aromatic N) is 1. The molecule has 0 bridgehead atoms. The molecular weight excluding hydrogens is 513 g/mol. The molecule has 1 unspecified atom stereocenters. The van der Waals surface area contributed by atoms with Crippen molar-refractivity contribution in [3.05, 3.63) is 79.5 Å². The average molecular weight is 534 g/mol. The summed E-state index contributed by atoms with van der Waals surface area (Å²) in [6.45, 7) is 0.168. The predicted octanol–water partition coefficient (Wildman–Crippen LogP) is 5.70. The van der Waals surface area contributed by atoms with Gasteiger partial charge in [-0.2, -0.15) is 0 Å². The first kappa shape index (κ1) is 24.9. The highest BCUT2D eigenvalue weighted by Gasteiger charge is 2.46. The first-order chi connectivity index (χ1) is 16.8. The third kappa shape index (κ3) is 4.57. The van der Waals surface area contributed by atoms with E-state index in [2.05, 4.69) is 0 Å². The van der Waals surface area contributed by atoms with Gasteiger partial charge in [-0.15, -0.1) is 11.3 Å². The summed E-state index contributed by atoms with van der Waals surface area (Å²) in [6, 6.07) is 10.6. The van der Waals surface area contributed by atoms with Gasteiger partial charge in [-0.05, 0) is 47.3 Å². The number of hydrogen-bond acceptors (Lipinski definition) is 7. The van der Waals surface area contributed by atoms with E-state index in [0.717, 1.165) is 4.88 Å². The smallest absolute Gasteiger partial charge is 0.295 e. The number of ketones is 1. The normalized spacial score (nSPS) is 17.1. The number of aliphatic hydroxyl groups is 1. The number of halogens is 2. The molecule has 1 aromatic heterocycles. The lowest BCUT2D eigenvalue weighted by Crippen LogP contribution is -2.29. The summed E-state index contributed by atoms with van der Waals surface area (Å²) in [7, 11) is 4.42.